The molecule has 180 valence electrons. The maximum atomic E-state index is 13.2. The molecule has 3 amide bonds. The summed E-state index contributed by atoms with van der Waals surface area (Å²) in [6, 6.07) is 5.07. The van der Waals surface area contributed by atoms with Crippen LogP contribution in [0.4, 0.5) is 10.5 Å². The second-order valence-electron chi connectivity index (χ2n) is 8.68. The molecular weight excluding hydrogens is 408 g/mol. The number of methoxy groups -OCH3 is 1. The zero-order chi connectivity index (χ0) is 23.7. The van der Waals surface area contributed by atoms with Crippen LogP contribution in [0.3, 0.4) is 0 Å². The predicted molar refractivity (Wildman–Crippen MR) is 127 cm³/mol. The molecule has 0 fully saturated rings. The van der Waals surface area contributed by atoms with Gasteiger partial charge in [0.1, 0.15) is 12.4 Å². The van der Waals surface area contributed by atoms with Gasteiger partial charge in [0.2, 0.25) is 0 Å². The molecule has 1 aliphatic rings. The molecule has 0 bridgehead atoms. The lowest BCUT2D eigenvalue weighted by molar-refractivity contribution is 0.0108. The first kappa shape index (κ1) is 25.9. The summed E-state index contributed by atoms with van der Waals surface area (Å²) in [6.45, 7) is 11.8. The number of amides is 3. The first-order valence-electron chi connectivity index (χ1n) is 11.6. The lowest BCUT2D eigenvalue weighted by Gasteiger charge is -2.35. The monoisotopic (exact) mass is 448 g/mol. The normalized spacial score (nSPS) is 22.9. The summed E-state index contributed by atoms with van der Waals surface area (Å²) < 4.78 is 11.9. The van der Waals surface area contributed by atoms with Crippen molar-refractivity contribution in [2.75, 3.05) is 52.3 Å². The predicted octanol–water partition coefficient (Wildman–Crippen LogP) is 3.43. The third-order valence-electron chi connectivity index (χ3n) is 5.88. The second kappa shape index (κ2) is 12.6. The standard InChI is InChI=1S/C24H40N4O4/c1-7-11-25-24(30)26-19-9-10-20-21(13-19)32-16-18(4)28(12-8-2)14-17(3)22(31-6)15-27(5)23(20)29/h9-10,13,17-18,22H,7-8,11-12,14-16H2,1-6H3,(H2,25,26,30)/t17-,18+,22+/m0/s1. The lowest BCUT2D eigenvalue weighted by atomic mass is 10.0. The Morgan fingerprint density at radius 1 is 1.22 bits per heavy atom. The summed E-state index contributed by atoms with van der Waals surface area (Å²) in [4.78, 5) is 29.4. The van der Waals surface area contributed by atoms with E-state index in [9.17, 15) is 9.59 Å². The van der Waals surface area contributed by atoms with E-state index in [0.717, 1.165) is 25.9 Å². The molecule has 0 radical (unpaired) electrons. The smallest absolute Gasteiger partial charge is 0.319 e. The van der Waals surface area contributed by atoms with Gasteiger partial charge in [-0.1, -0.05) is 20.8 Å². The average molecular weight is 449 g/mol. The maximum absolute atomic E-state index is 13.2. The minimum absolute atomic E-state index is 0.0671. The molecule has 0 saturated heterocycles. The van der Waals surface area contributed by atoms with Crippen LogP contribution >= 0.6 is 0 Å². The number of nitrogens with zero attached hydrogens (tertiary/aromatic N) is 2. The molecule has 1 heterocycles. The zero-order valence-electron chi connectivity index (χ0n) is 20.4. The van der Waals surface area contributed by atoms with Crippen molar-refractivity contribution in [3.05, 3.63) is 23.8 Å². The fourth-order valence-corrected chi connectivity index (χ4v) is 3.94. The quantitative estimate of drug-likeness (QED) is 0.697. The molecule has 1 aromatic rings. The molecule has 1 aliphatic heterocycles. The van der Waals surface area contributed by atoms with Crippen molar-refractivity contribution in [2.45, 2.75) is 52.7 Å². The molecule has 8 nitrogen and oxygen atoms in total. The Kier molecular flexibility index (Phi) is 10.3. The summed E-state index contributed by atoms with van der Waals surface area (Å²) in [5.41, 5.74) is 1.06. The number of nitrogens with one attached hydrogen (secondary N) is 2. The highest BCUT2D eigenvalue weighted by atomic mass is 16.5. The van der Waals surface area contributed by atoms with E-state index >= 15 is 0 Å². The molecule has 2 rings (SSSR count). The minimum atomic E-state index is -0.275. The van der Waals surface area contributed by atoms with Gasteiger partial charge < -0.3 is 25.0 Å². The molecule has 0 saturated carbocycles. The van der Waals surface area contributed by atoms with E-state index in [0.29, 0.717) is 36.7 Å². The van der Waals surface area contributed by atoms with Crippen molar-refractivity contribution < 1.29 is 19.1 Å². The number of urea groups is 1. The summed E-state index contributed by atoms with van der Waals surface area (Å²) >= 11 is 0. The number of hydrogen-bond acceptors (Lipinski definition) is 5. The molecule has 1 aromatic carbocycles. The summed E-state index contributed by atoms with van der Waals surface area (Å²) in [5, 5.41) is 5.60. The number of fused-ring (bicyclic) bond motifs is 1. The summed E-state index contributed by atoms with van der Waals surface area (Å²) in [6.07, 6.45) is 1.84. The molecule has 0 aromatic heterocycles. The minimum Gasteiger partial charge on any atom is -0.491 e. The topological polar surface area (TPSA) is 83.1 Å². The molecule has 0 unspecified atom stereocenters. The third kappa shape index (κ3) is 7.10. The Balaban J connectivity index is 2.35. The molecule has 8 heteroatoms. The zero-order valence-corrected chi connectivity index (χ0v) is 20.4. The van der Waals surface area contributed by atoms with Gasteiger partial charge in [-0.05, 0) is 44.4 Å². The molecule has 0 aliphatic carbocycles. The molecule has 32 heavy (non-hydrogen) atoms. The lowest BCUT2D eigenvalue weighted by Crippen LogP contribution is -2.46. The second-order valence-corrected chi connectivity index (χ2v) is 8.68. The molecule has 2 N–H and O–H groups in total. The van der Waals surface area contributed by atoms with Crippen molar-refractivity contribution in [3.8, 4) is 5.75 Å². The van der Waals surface area contributed by atoms with E-state index in [1.54, 1.807) is 37.3 Å². The van der Waals surface area contributed by atoms with E-state index in [1.807, 2.05) is 6.92 Å². The van der Waals surface area contributed by atoms with Crippen LogP contribution < -0.4 is 15.4 Å². The molecular formula is C24H40N4O4. The number of benzene rings is 1. The van der Waals surface area contributed by atoms with Crippen molar-refractivity contribution >= 4 is 17.6 Å². The van der Waals surface area contributed by atoms with Gasteiger partial charge in [-0.25, -0.2) is 4.79 Å². The van der Waals surface area contributed by atoms with E-state index in [2.05, 4.69) is 36.3 Å². The van der Waals surface area contributed by atoms with Crippen LogP contribution in [0, 0.1) is 5.92 Å². The average Bonchev–Trinajstić information content (AvgIpc) is 2.78. The number of rotatable bonds is 6. The van der Waals surface area contributed by atoms with Gasteiger partial charge >= 0.3 is 6.03 Å². The number of anilines is 1. The number of carbonyl (C=O) groups is 2. The van der Waals surface area contributed by atoms with Gasteiger partial charge in [-0.15, -0.1) is 0 Å². The third-order valence-corrected chi connectivity index (χ3v) is 5.88. The van der Waals surface area contributed by atoms with Gasteiger partial charge in [0.05, 0.1) is 11.7 Å². The van der Waals surface area contributed by atoms with Crippen LogP contribution in [-0.4, -0.2) is 80.8 Å². The van der Waals surface area contributed by atoms with E-state index in [-0.39, 0.29) is 30.0 Å². The van der Waals surface area contributed by atoms with Crippen molar-refractivity contribution in [3.63, 3.8) is 0 Å². The maximum Gasteiger partial charge on any atom is 0.319 e. The molecule has 3 atom stereocenters. The van der Waals surface area contributed by atoms with Crippen molar-refractivity contribution in [2.24, 2.45) is 5.92 Å². The van der Waals surface area contributed by atoms with Crippen LogP contribution in [0.15, 0.2) is 18.2 Å². The highest BCUT2D eigenvalue weighted by Crippen LogP contribution is 2.26. The van der Waals surface area contributed by atoms with Gasteiger partial charge in [0.25, 0.3) is 5.91 Å². The van der Waals surface area contributed by atoms with E-state index in [4.69, 9.17) is 9.47 Å². The summed E-state index contributed by atoms with van der Waals surface area (Å²) in [7, 11) is 3.49. The van der Waals surface area contributed by atoms with E-state index in [1.165, 1.54) is 0 Å². The first-order valence-corrected chi connectivity index (χ1v) is 11.6. The van der Waals surface area contributed by atoms with E-state index < -0.39 is 0 Å². The number of hydrogen-bond donors (Lipinski definition) is 2. The highest BCUT2D eigenvalue weighted by Gasteiger charge is 2.28. The van der Waals surface area contributed by atoms with Crippen molar-refractivity contribution in [1.82, 2.24) is 15.1 Å². The fourth-order valence-electron chi connectivity index (χ4n) is 3.94. The largest absolute Gasteiger partial charge is 0.491 e. The van der Waals surface area contributed by atoms with Gasteiger partial charge in [-0.3, -0.25) is 9.69 Å². The highest BCUT2D eigenvalue weighted by molar-refractivity contribution is 5.98. The van der Waals surface area contributed by atoms with Crippen LogP contribution in [-0.2, 0) is 4.74 Å². The SMILES string of the molecule is CCCNC(=O)Nc1ccc2c(c1)OC[C@@H](C)N(CCC)C[C@H](C)[C@H](OC)CN(C)C2=O. The van der Waals surface area contributed by atoms with Crippen LogP contribution in [0.5, 0.6) is 5.75 Å². The van der Waals surface area contributed by atoms with Gasteiger partial charge in [-0.2, -0.15) is 0 Å². The summed E-state index contributed by atoms with van der Waals surface area (Å²) in [5.74, 6) is 0.604. The fraction of sp³-hybridized carbons (Fsp3) is 0.667. The number of likely N-dealkylation sites (N-methyl/N-ethyl adjacent to an activating group) is 1. The Labute approximate surface area is 192 Å². The molecule has 0 spiro atoms. The van der Waals surface area contributed by atoms with Crippen molar-refractivity contribution in [1.29, 1.82) is 0 Å². The Bertz CT molecular complexity index is 758. The van der Waals surface area contributed by atoms with Crippen LogP contribution in [0.1, 0.15) is 50.9 Å². The van der Waals surface area contributed by atoms with Crippen LogP contribution in [0.25, 0.3) is 0 Å². The van der Waals surface area contributed by atoms with Crippen LogP contribution in [0.2, 0.25) is 0 Å². The Morgan fingerprint density at radius 2 is 1.97 bits per heavy atom. The Morgan fingerprint density at radius 3 is 2.62 bits per heavy atom. The number of carbonyl (C=O) groups excluding carboxylic acids is 2. The first-order chi connectivity index (χ1) is 15.3. The number of ether oxygens (including phenoxy) is 2. The Hall–Kier alpha value is -2.32. The van der Waals surface area contributed by atoms with Gasteiger partial charge in [0, 0.05) is 51.6 Å². The van der Waals surface area contributed by atoms with Gasteiger partial charge in [0.15, 0.2) is 0 Å².